The third-order valence-electron chi connectivity index (χ3n) is 2.39. The SMILES string of the molecule is O=[S@](C[C@H]1CCNC1)c1ccc(Cl)nn1. The molecule has 1 aromatic rings. The number of hydrogen-bond acceptors (Lipinski definition) is 4. The Morgan fingerprint density at radius 2 is 2.40 bits per heavy atom. The van der Waals surface area contributed by atoms with E-state index in [1.807, 2.05) is 0 Å². The van der Waals surface area contributed by atoms with Crippen LogP contribution in [0.2, 0.25) is 5.15 Å². The van der Waals surface area contributed by atoms with Gasteiger partial charge in [-0.2, -0.15) is 0 Å². The van der Waals surface area contributed by atoms with Gasteiger partial charge in [-0.15, -0.1) is 10.2 Å². The van der Waals surface area contributed by atoms with Gasteiger partial charge < -0.3 is 5.32 Å². The number of aromatic nitrogens is 2. The van der Waals surface area contributed by atoms with Crippen LogP contribution in [0.3, 0.4) is 0 Å². The molecule has 0 spiro atoms. The van der Waals surface area contributed by atoms with E-state index in [0.29, 0.717) is 21.8 Å². The van der Waals surface area contributed by atoms with Crippen molar-refractivity contribution in [1.29, 1.82) is 0 Å². The molecule has 0 saturated carbocycles. The van der Waals surface area contributed by atoms with Gasteiger partial charge in [0.05, 0.1) is 10.8 Å². The van der Waals surface area contributed by atoms with Gasteiger partial charge in [0.25, 0.3) is 0 Å². The van der Waals surface area contributed by atoms with Gasteiger partial charge in [-0.05, 0) is 37.6 Å². The highest BCUT2D eigenvalue weighted by molar-refractivity contribution is 7.84. The third kappa shape index (κ3) is 2.96. The summed E-state index contributed by atoms with van der Waals surface area (Å²) >= 11 is 5.60. The lowest BCUT2D eigenvalue weighted by Crippen LogP contribution is -2.15. The maximum atomic E-state index is 11.8. The molecule has 1 saturated heterocycles. The van der Waals surface area contributed by atoms with Crippen LogP contribution in [0.1, 0.15) is 6.42 Å². The minimum absolute atomic E-state index is 0.332. The first kappa shape index (κ1) is 11.0. The summed E-state index contributed by atoms with van der Waals surface area (Å²) in [5, 5.41) is 11.6. The summed E-state index contributed by atoms with van der Waals surface area (Å²) in [6.07, 6.45) is 1.09. The number of hydrogen-bond donors (Lipinski definition) is 1. The summed E-state index contributed by atoms with van der Waals surface area (Å²) in [5.74, 6) is 1.15. The summed E-state index contributed by atoms with van der Waals surface area (Å²) in [7, 11) is -1.05. The van der Waals surface area contributed by atoms with E-state index in [9.17, 15) is 4.21 Å². The summed E-state index contributed by atoms with van der Waals surface area (Å²) < 4.78 is 11.8. The van der Waals surface area contributed by atoms with E-state index < -0.39 is 10.8 Å². The van der Waals surface area contributed by atoms with Crippen molar-refractivity contribution in [2.75, 3.05) is 18.8 Å². The van der Waals surface area contributed by atoms with Crippen molar-refractivity contribution >= 4 is 22.4 Å². The van der Waals surface area contributed by atoms with Crippen LogP contribution >= 0.6 is 11.6 Å². The molecule has 1 aromatic heterocycles. The lowest BCUT2D eigenvalue weighted by atomic mass is 10.2. The van der Waals surface area contributed by atoms with E-state index in [1.165, 1.54) is 0 Å². The van der Waals surface area contributed by atoms with E-state index >= 15 is 0 Å². The Bertz CT molecular complexity index is 351. The molecule has 2 atom stereocenters. The van der Waals surface area contributed by atoms with Crippen LogP contribution in [0.15, 0.2) is 17.2 Å². The average Bonchev–Trinajstić information content (AvgIpc) is 2.71. The standard InChI is InChI=1S/C9H12ClN3OS/c10-8-1-2-9(13-12-8)15(14)6-7-3-4-11-5-7/h1-2,7,11H,3-6H2/t7-,15+/m0/s1. The number of nitrogens with zero attached hydrogens (tertiary/aromatic N) is 2. The van der Waals surface area contributed by atoms with Gasteiger partial charge in [0.1, 0.15) is 5.03 Å². The fourth-order valence-electron chi connectivity index (χ4n) is 1.58. The van der Waals surface area contributed by atoms with Crippen LogP contribution in [0.5, 0.6) is 0 Å². The summed E-state index contributed by atoms with van der Waals surface area (Å²) in [6.45, 7) is 1.97. The Morgan fingerprint density at radius 3 is 3.00 bits per heavy atom. The Kier molecular flexibility index (Phi) is 3.66. The van der Waals surface area contributed by atoms with Gasteiger partial charge in [0.2, 0.25) is 0 Å². The molecular weight excluding hydrogens is 234 g/mol. The van der Waals surface area contributed by atoms with E-state index in [4.69, 9.17) is 11.6 Å². The van der Waals surface area contributed by atoms with Crippen molar-refractivity contribution in [1.82, 2.24) is 15.5 Å². The number of nitrogens with one attached hydrogen (secondary N) is 1. The van der Waals surface area contributed by atoms with Crippen molar-refractivity contribution < 1.29 is 4.21 Å². The first-order chi connectivity index (χ1) is 7.25. The maximum Gasteiger partial charge on any atom is 0.151 e. The Morgan fingerprint density at radius 1 is 1.53 bits per heavy atom. The second-order valence-electron chi connectivity index (χ2n) is 3.57. The molecule has 4 nitrogen and oxygen atoms in total. The highest BCUT2D eigenvalue weighted by Crippen LogP contribution is 2.13. The molecule has 1 aliphatic heterocycles. The largest absolute Gasteiger partial charge is 0.316 e. The lowest BCUT2D eigenvalue weighted by Gasteiger charge is -2.06. The molecule has 1 N–H and O–H groups in total. The van der Waals surface area contributed by atoms with Gasteiger partial charge in [0, 0.05) is 5.75 Å². The fraction of sp³-hybridized carbons (Fsp3) is 0.556. The average molecular weight is 246 g/mol. The third-order valence-corrected chi connectivity index (χ3v) is 4.05. The zero-order valence-electron chi connectivity index (χ0n) is 8.15. The predicted molar refractivity (Wildman–Crippen MR) is 59.3 cm³/mol. The molecule has 6 heteroatoms. The molecule has 0 unspecified atom stereocenters. The summed E-state index contributed by atoms with van der Waals surface area (Å²) in [5.41, 5.74) is 0. The van der Waals surface area contributed by atoms with Gasteiger partial charge in [-0.1, -0.05) is 11.6 Å². The quantitative estimate of drug-likeness (QED) is 0.858. The second kappa shape index (κ2) is 5.01. The molecule has 0 aromatic carbocycles. The first-order valence-corrected chi connectivity index (χ1v) is 6.54. The molecule has 1 fully saturated rings. The Labute approximate surface area is 95.9 Å². The van der Waals surface area contributed by atoms with E-state index in [-0.39, 0.29) is 0 Å². The van der Waals surface area contributed by atoms with Crippen molar-refractivity contribution in [2.45, 2.75) is 11.4 Å². The molecule has 2 rings (SSSR count). The van der Waals surface area contributed by atoms with Gasteiger partial charge in [0.15, 0.2) is 5.15 Å². The highest BCUT2D eigenvalue weighted by Gasteiger charge is 2.18. The monoisotopic (exact) mass is 245 g/mol. The normalized spacial score (nSPS) is 22.9. The molecular formula is C9H12ClN3OS. The molecule has 0 amide bonds. The summed E-state index contributed by atoms with van der Waals surface area (Å²) in [6, 6.07) is 3.29. The van der Waals surface area contributed by atoms with Crippen molar-refractivity contribution in [3.8, 4) is 0 Å². The lowest BCUT2D eigenvalue weighted by molar-refractivity contribution is 0.629. The minimum atomic E-state index is -1.05. The van der Waals surface area contributed by atoms with Crippen LogP contribution in [0, 0.1) is 5.92 Å². The van der Waals surface area contributed by atoms with Crippen molar-refractivity contribution in [3.05, 3.63) is 17.3 Å². The van der Waals surface area contributed by atoms with Gasteiger partial charge in [-0.25, -0.2) is 0 Å². The molecule has 0 aliphatic carbocycles. The molecule has 15 heavy (non-hydrogen) atoms. The molecule has 0 bridgehead atoms. The summed E-state index contributed by atoms with van der Waals surface area (Å²) in [4.78, 5) is 0. The van der Waals surface area contributed by atoms with E-state index in [1.54, 1.807) is 12.1 Å². The predicted octanol–water partition coefficient (Wildman–Crippen LogP) is 0.847. The van der Waals surface area contributed by atoms with E-state index in [2.05, 4.69) is 15.5 Å². The molecule has 2 heterocycles. The van der Waals surface area contributed by atoms with Gasteiger partial charge in [-0.3, -0.25) is 4.21 Å². The van der Waals surface area contributed by atoms with Crippen LogP contribution in [-0.4, -0.2) is 33.2 Å². The Balaban J connectivity index is 1.98. The zero-order chi connectivity index (χ0) is 10.7. The topological polar surface area (TPSA) is 54.9 Å². The highest BCUT2D eigenvalue weighted by atomic mass is 35.5. The van der Waals surface area contributed by atoms with Crippen molar-refractivity contribution in [2.24, 2.45) is 5.92 Å². The molecule has 0 radical (unpaired) electrons. The van der Waals surface area contributed by atoms with Crippen LogP contribution < -0.4 is 5.32 Å². The smallest absolute Gasteiger partial charge is 0.151 e. The van der Waals surface area contributed by atoms with Crippen LogP contribution in [0.25, 0.3) is 0 Å². The minimum Gasteiger partial charge on any atom is -0.316 e. The van der Waals surface area contributed by atoms with Crippen LogP contribution in [-0.2, 0) is 10.8 Å². The molecule has 1 aliphatic rings. The van der Waals surface area contributed by atoms with E-state index in [0.717, 1.165) is 19.5 Å². The van der Waals surface area contributed by atoms with Crippen LogP contribution in [0.4, 0.5) is 0 Å². The fourth-order valence-corrected chi connectivity index (χ4v) is 2.92. The number of halogens is 1. The van der Waals surface area contributed by atoms with Crippen molar-refractivity contribution in [3.63, 3.8) is 0 Å². The zero-order valence-corrected chi connectivity index (χ0v) is 9.72. The second-order valence-corrected chi connectivity index (χ2v) is 5.40. The Hall–Kier alpha value is -0.520. The van der Waals surface area contributed by atoms with Gasteiger partial charge >= 0.3 is 0 Å². The first-order valence-electron chi connectivity index (χ1n) is 4.84. The molecule has 82 valence electrons. The maximum absolute atomic E-state index is 11.8. The number of rotatable bonds is 3.